The summed E-state index contributed by atoms with van der Waals surface area (Å²) in [6, 6.07) is 17.1. The molecule has 3 aromatic rings. The number of carbonyl (C=O) groups excluding carboxylic acids is 3. The molecule has 2 unspecified atom stereocenters. The molecule has 2 heterocycles. The molecule has 1 saturated heterocycles. The quantitative estimate of drug-likeness (QED) is 0.181. The second kappa shape index (κ2) is 16.9. The normalized spacial score (nSPS) is 18.0. The SMILES string of the molecule is COc1cc(CN(C(=O)C2=C(c3ccc(OCCOc4cc(C)c(C)cc4Cl)cc3)CC3CN(C(=O)CCCC(N)=O)CC2N3)C2CC2)cc(OC)c1. The Hall–Kier alpha value is -4.74. The van der Waals surface area contributed by atoms with Gasteiger partial charge in [0, 0.05) is 56.2 Å². The molecule has 3 aromatic carbocycles. The van der Waals surface area contributed by atoms with Gasteiger partial charge in [-0.05, 0) is 104 Å². The van der Waals surface area contributed by atoms with Crippen molar-refractivity contribution in [3.05, 3.63) is 87.4 Å². The fourth-order valence-corrected chi connectivity index (χ4v) is 7.41. The van der Waals surface area contributed by atoms with Crippen LogP contribution in [0.2, 0.25) is 5.02 Å². The maximum absolute atomic E-state index is 14.9. The predicted octanol–water partition coefficient (Wildman–Crippen LogP) is 5.60. The number of nitrogens with one attached hydrogen (secondary N) is 1. The Morgan fingerprint density at radius 2 is 1.57 bits per heavy atom. The van der Waals surface area contributed by atoms with Gasteiger partial charge in [-0.2, -0.15) is 0 Å². The van der Waals surface area contributed by atoms with Crippen LogP contribution in [0.4, 0.5) is 0 Å². The average molecular weight is 745 g/mol. The molecule has 12 heteroatoms. The van der Waals surface area contributed by atoms with E-state index >= 15 is 0 Å². The van der Waals surface area contributed by atoms with E-state index in [0.29, 0.717) is 79.3 Å². The molecule has 3 aliphatic rings. The highest BCUT2D eigenvalue weighted by Gasteiger charge is 2.43. The minimum atomic E-state index is -0.420. The third kappa shape index (κ3) is 9.44. The van der Waals surface area contributed by atoms with Crippen LogP contribution < -0.4 is 30.0 Å². The zero-order valence-electron chi connectivity index (χ0n) is 30.9. The molecule has 0 aromatic heterocycles. The number of amides is 3. The van der Waals surface area contributed by atoms with Gasteiger partial charge < -0.3 is 39.8 Å². The van der Waals surface area contributed by atoms with Crippen LogP contribution in [0.25, 0.3) is 5.57 Å². The number of aryl methyl sites for hydroxylation is 2. The Balaban J connectivity index is 1.24. The molecule has 53 heavy (non-hydrogen) atoms. The van der Waals surface area contributed by atoms with Gasteiger partial charge in [0.2, 0.25) is 11.8 Å². The van der Waals surface area contributed by atoms with Gasteiger partial charge in [0.05, 0.1) is 25.3 Å². The van der Waals surface area contributed by atoms with Crippen molar-refractivity contribution < 1.29 is 33.3 Å². The number of ether oxygens (including phenoxy) is 4. The van der Waals surface area contributed by atoms with Crippen LogP contribution >= 0.6 is 11.6 Å². The van der Waals surface area contributed by atoms with Gasteiger partial charge in [-0.3, -0.25) is 14.4 Å². The molecule has 282 valence electrons. The Morgan fingerprint density at radius 3 is 2.23 bits per heavy atom. The third-order valence-electron chi connectivity index (χ3n) is 10.2. The van der Waals surface area contributed by atoms with Crippen LogP contribution in [0.15, 0.2) is 60.2 Å². The number of methoxy groups -OCH3 is 2. The van der Waals surface area contributed by atoms with Gasteiger partial charge in [-0.1, -0.05) is 23.7 Å². The second-order valence-electron chi connectivity index (χ2n) is 14.1. The predicted molar refractivity (Wildman–Crippen MR) is 203 cm³/mol. The first-order valence-electron chi connectivity index (χ1n) is 18.2. The first kappa shape index (κ1) is 38.0. The number of benzene rings is 3. The summed E-state index contributed by atoms with van der Waals surface area (Å²) in [5, 5.41) is 4.24. The number of fused-ring (bicyclic) bond motifs is 2. The Bertz CT molecular complexity index is 1840. The first-order chi connectivity index (χ1) is 25.5. The van der Waals surface area contributed by atoms with Gasteiger partial charge >= 0.3 is 0 Å². The highest BCUT2D eigenvalue weighted by atomic mass is 35.5. The molecule has 6 rings (SSSR count). The fraction of sp³-hybridized carbons (Fsp3) is 0.439. The van der Waals surface area contributed by atoms with Crippen molar-refractivity contribution in [2.24, 2.45) is 5.73 Å². The lowest BCUT2D eigenvalue weighted by atomic mass is 9.82. The molecule has 2 atom stereocenters. The standard InChI is InChI=1S/C41H49ClN4O7/c1-25-16-35(42)37(17-26(25)2)53-15-14-52-31-12-8-28(9-13-31)34-20-29-23-45(39(48)7-5-6-38(43)47)24-36(44-29)40(34)41(49)46(30-10-11-30)22-27-18-32(50-3)21-33(19-27)51-4/h8-9,12-13,16-19,21,29-30,36,44H,5-7,10-11,14-15,20,22-24H2,1-4H3,(H2,43,47). The van der Waals surface area contributed by atoms with E-state index in [1.165, 1.54) is 0 Å². The van der Waals surface area contributed by atoms with E-state index in [-0.39, 0.29) is 42.8 Å². The van der Waals surface area contributed by atoms with Crippen LogP contribution in [-0.4, -0.2) is 86.2 Å². The van der Waals surface area contributed by atoms with Crippen molar-refractivity contribution in [3.8, 4) is 23.0 Å². The maximum Gasteiger partial charge on any atom is 0.252 e. The highest BCUT2D eigenvalue weighted by molar-refractivity contribution is 6.32. The van der Waals surface area contributed by atoms with E-state index in [2.05, 4.69) is 5.32 Å². The summed E-state index contributed by atoms with van der Waals surface area (Å²) in [6.45, 7) is 5.95. The van der Waals surface area contributed by atoms with E-state index in [4.69, 9.17) is 36.3 Å². The molecular weight excluding hydrogens is 696 g/mol. The molecular formula is C41H49ClN4O7. The minimum absolute atomic E-state index is 0.0363. The molecule has 0 radical (unpaired) electrons. The van der Waals surface area contributed by atoms with Gasteiger partial charge in [-0.25, -0.2) is 0 Å². The summed E-state index contributed by atoms with van der Waals surface area (Å²) in [7, 11) is 3.22. The topological polar surface area (TPSA) is 133 Å². The number of hydrogen-bond acceptors (Lipinski definition) is 8. The third-order valence-corrected chi connectivity index (χ3v) is 10.5. The number of rotatable bonds is 16. The molecule has 1 saturated carbocycles. The zero-order valence-corrected chi connectivity index (χ0v) is 31.7. The van der Waals surface area contributed by atoms with Crippen LogP contribution in [0.5, 0.6) is 23.0 Å². The maximum atomic E-state index is 14.9. The summed E-state index contributed by atoms with van der Waals surface area (Å²) in [6.07, 6.45) is 3.21. The summed E-state index contributed by atoms with van der Waals surface area (Å²) in [5.41, 5.74) is 11.0. The van der Waals surface area contributed by atoms with E-state index < -0.39 is 5.91 Å². The first-order valence-corrected chi connectivity index (χ1v) is 18.6. The van der Waals surface area contributed by atoms with Crippen LogP contribution in [0.1, 0.15) is 60.8 Å². The fourth-order valence-electron chi connectivity index (χ4n) is 7.13. The number of primary amides is 1. The molecule has 2 fully saturated rings. The molecule has 3 N–H and O–H groups in total. The van der Waals surface area contributed by atoms with Gasteiger partial charge in [-0.15, -0.1) is 0 Å². The number of carbonyl (C=O) groups is 3. The largest absolute Gasteiger partial charge is 0.497 e. The number of halogens is 1. The number of nitrogens with zero attached hydrogens (tertiary/aromatic N) is 2. The number of hydrogen-bond donors (Lipinski definition) is 2. The molecule has 0 spiro atoms. The minimum Gasteiger partial charge on any atom is -0.497 e. The Kier molecular flexibility index (Phi) is 12.1. The van der Waals surface area contributed by atoms with Crippen LogP contribution in [0.3, 0.4) is 0 Å². The second-order valence-corrected chi connectivity index (χ2v) is 14.5. The van der Waals surface area contributed by atoms with Crippen molar-refractivity contribution in [3.63, 3.8) is 0 Å². The molecule has 3 amide bonds. The molecule has 11 nitrogen and oxygen atoms in total. The lowest BCUT2D eigenvalue weighted by molar-refractivity contribution is -0.134. The number of nitrogens with two attached hydrogens (primary N) is 1. The van der Waals surface area contributed by atoms with Crippen molar-refractivity contribution in [1.29, 1.82) is 0 Å². The zero-order chi connectivity index (χ0) is 37.6. The summed E-state index contributed by atoms with van der Waals surface area (Å²) in [4.78, 5) is 43.3. The average Bonchev–Trinajstić information content (AvgIpc) is 3.99. The summed E-state index contributed by atoms with van der Waals surface area (Å²) in [5.74, 6) is 2.12. The number of piperazine rings is 1. The monoisotopic (exact) mass is 744 g/mol. The summed E-state index contributed by atoms with van der Waals surface area (Å²) < 4.78 is 23.0. The van der Waals surface area contributed by atoms with Crippen LogP contribution in [0, 0.1) is 13.8 Å². The van der Waals surface area contributed by atoms with E-state index in [1.54, 1.807) is 14.2 Å². The van der Waals surface area contributed by atoms with E-state index in [0.717, 1.165) is 40.7 Å². The van der Waals surface area contributed by atoms with Crippen molar-refractivity contribution in [1.82, 2.24) is 15.1 Å². The van der Waals surface area contributed by atoms with Crippen molar-refractivity contribution in [2.45, 2.75) is 77.0 Å². The van der Waals surface area contributed by atoms with Gasteiger partial charge in [0.1, 0.15) is 36.2 Å². The molecule has 2 aliphatic heterocycles. The van der Waals surface area contributed by atoms with Crippen molar-refractivity contribution in [2.75, 3.05) is 40.5 Å². The van der Waals surface area contributed by atoms with E-state index in [9.17, 15) is 14.4 Å². The molecule has 2 bridgehead atoms. The Labute approximate surface area is 316 Å². The Morgan fingerprint density at radius 1 is 0.887 bits per heavy atom. The summed E-state index contributed by atoms with van der Waals surface area (Å²) >= 11 is 6.37. The van der Waals surface area contributed by atoms with Gasteiger partial charge in [0.15, 0.2) is 0 Å². The van der Waals surface area contributed by atoms with Gasteiger partial charge in [0.25, 0.3) is 5.91 Å². The highest BCUT2D eigenvalue weighted by Crippen LogP contribution is 2.38. The van der Waals surface area contributed by atoms with E-state index in [1.807, 2.05) is 78.2 Å². The van der Waals surface area contributed by atoms with Crippen LogP contribution in [-0.2, 0) is 20.9 Å². The van der Waals surface area contributed by atoms with Crippen molar-refractivity contribution >= 4 is 34.9 Å². The lowest BCUT2D eigenvalue weighted by Crippen LogP contribution is -2.62. The lowest BCUT2D eigenvalue weighted by Gasteiger charge is -2.45. The smallest absolute Gasteiger partial charge is 0.252 e. The molecule has 1 aliphatic carbocycles.